The van der Waals surface area contributed by atoms with Crippen molar-refractivity contribution in [3.63, 3.8) is 0 Å². The molecule has 0 fully saturated rings. The Balaban J connectivity index is 3.21. The molecule has 0 aromatic heterocycles. The summed E-state index contributed by atoms with van der Waals surface area (Å²) in [6, 6.07) is 0. The molecule has 0 radical (unpaired) electrons. The van der Waals surface area contributed by atoms with Gasteiger partial charge >= 0.3 is 0 Å². The zero-order valence-electron chi connectivity index (χ0n) is 6.60. The van der Waals surface area contributed by atoms with E-state index in [0.717, 1.165) is 6.61 Å². The molecular weight excluding hydrogens is 152 g/mol. The number of rotatable bonds is 6. The Hall–Kier alpha value is 0.210. The molecule has 0 saturated heterocycles. The molecule has 0 aromatic carbocycles. The monoisotopic (exact) mass is 166 g/mol. The van der Waals surface area contributed by atoms with Crippen molar-refractivity contribution in [3.8, 4) is 0 Å². The van der Waals surface area contributed by atoms with E-state index >= 15 is 0 Å². The molecule has 0 bridgehead atoms. The lowest BCUT2D eigenvalue weighted by Crippen LogP contribution is -2.21. The van der Waals surface area contributed by atoms with Gasteiger partial charge in [0.1, 0.15) is 0 Å². The second-order valence-corrected chi connectivity index (χ2v) is 2.20. The van der Waals surface area contributed by atoms with Crippen molar-refractivity contribution >= 4 is 11.6 Å². The topological polar surface area (TPSA) is 18.5 Å². The summed E-state index contributed by atoms with van der Waals surface area (Å²) in [4.78, 5) is 0. The fourth-order valence-corrected chi connectivity index (χ4v) is 0.800. The van der Waals surface area contributed by atoms with Gasteiger partial charge in [-0.1, -0.05) is 0 Å². The summed E-state index contributed by atoms with van der Waals surface area (Å²) in [5, 5.41) is 0. The molecule has 0 aliphatic carbocycles. The van der Waals surface area contributed by atoms with Crippen LogP contribution in [0.1, 0.15) is 13.8 Å². The highest BCUT2D eigenvalue weighted by Crippen LogP contribution is 1.95. The number of hydrogen-bond donors (Lipinski definition) is 0. The Morgan fingerprint density at radius 2 is 2.00 bits per heavy atom. The minimum absolute atomic E-state index is 0.0617. The lowest BCUT2D eigenvalue weighted by molar-refractivity contribution is 0.00404. The van der Waals surface area contributed by atoms with Crippen LogP contribution in [0.15, 0.2) is 0 Å². The van der Waals surface area contributed by atoms with E-state index in [1.807, 2.05) is 13.8 Å². The quantitative estimate of drug-likeness (QED) is 0.559. The first kappa shape index (κ1) is 10.2. The summed E-state index contributed by atoms with van der Waals surface area (Å²) >= 11 is 5.58. The first-order chi connectivity index (χ1) is 4.85. The van der Waals surface area contributed by atoms with Crippen molar-refractivity contribution in [3.05, 3.63) is 0 Å². The molecule has 0 heterocycles. The van der Waals surface area contributed by atoms with Gasteiger partial charge in [-0.15, -0.1) is 11.6 Å². The number of halogens is 1. The van der Waals surface area contributed by atoms with Crippen LogP contribution in [-0.2, 0) is 9.47 Å². The molecular formula is C7H15ClO2. The molecule has 2 nitrogen and oxygen atoms in total. The average molecular weight is 167 g/mol. The fourth-order valence-electron chi connectivity index (χ4n) is 0.622. The van der Waals surface area contributed by atoms with E-state index in [1.165, 1.54) is 0 Å². The average Bonchev–Trinajstić information content (AvgIpc) is 1.98. The Kier molecular flexibility index (Phi) is 7.47. The largest absolute Gasteiger partial charge is 0.379 e. The van der Waals surface area contributed by atoms with Gasteiger partial charge in [0.05, 0.1) is 18.6 Å². The van der Waals surface area contributed by atoms with Crippen LogP contribution >= 0.6 is 11.6 Å². The van der Waals surface area contributed by atoms with Crippen molar-refractivity contribution in [2.45, 2.75) is 20.0 Å². The van der Waals surface area contributed by atoms with Crippen LogP contribution in [-0.4, -0.2) is 31.8 Å². The standard InChI is InChI=1S/C7H15ClO2/c1-3-9-6-7(5-8)10-4-2/h7H,3-6H2,1-2H3. The van der Waals surface area contributed by atoms with E-state index in [4.69, 9.17) is 21.1 Å². The molecule has 0 spiro atoms. The van der Waals surface area contributed by atoms with Gasteiger partial charge in [-0.2, -0.15) is 0 Å². The number of ether oxygens (including phenoxy) is 2. The predicted octanol–water partition coefficient (Wildman–Crippen LogP) is 1.67. The summed E-state index contributed by atoms with van der Waals surface area (Å²) in [7, 11) is 0. The highest BCUT2D eigenvalue weighted by atomic mass is 35.5. The van der Waals surface area contributed by atoms with Gasteiger partial charge in [0.2, 0.25) is 0 Å². The highest BCUT2D eigenvalue weighted by molar-refractivity contribution is 6.18. The van der Waals surface area contributed by atoms with Crippen LogP contribution in [0.25, 0.3) is 0 Å². The molecule has 0 aliphatic heterocycles. The van der Waals surface area contributed by atoms with Gasteiger partial charge in [-0.25, -0.2) is 0 Å². The lowest BCUT2D eigenvalue weighted by atomic mass is 10.4. The SMILES string of the molecule is CCOCC(CCl)OCC. The minimum Gasteiger partial charge on any atom is -0.379 e. The maximum absolute atomic E-state index is 5.58. The van der Waals surface area contributed by atoms with E-state index < -0.39 is 0 Å². The zero-order valence-corrected chi connectivity index (χ0v) is 7.36. The Bertz CT molecular complexity index is 68.6. The molecule has 1 unspecified atom stereocenters. The van der Waals surface area contributed by atoms with Crippen LogP contribution in [0.3, 0.4) is 0 Å². The van der Waals surface area contributed by atoms with Crippen LogP contribution in [0, 0.1) is 0 Å². The summed E-state index contributed by atoms with van der Waals surface area (Å²) in [6.45, 7) is 5.93. The van der Waals surface area contributed by atoms with Crippen molar-refractivity contribution in [1.82, 2.24) is 0 Å². The van der Waals surface area contributed by atoms with Crippen LogP contribution < -0.4 is 0 Å². The molecule has 0 N–H and O–H groups in total. The Morgan fingerprint density at radius 1 is 1.30 bits per heavy atom. The molecule has 62 valence electrons. The fraction of sp³-hybridized carbons (Fsp3) is 1.00. The second-order valence-electron chi connectivity index (χ2n) is 1.89. The van der Waals surface area contributed by atoms with E-state index in [9.17, 15) is 0 Å². The summed E-state index contributed by atoms with van der Waals surface area (Å²) < 4.78 is 10.4. The summed E-state index contributed by atoms with van der Waals surface area (Å²) in [5.74, 6) is 0.508. The normalized spacial score (nSPS) is 13.5. The van der Waals surface area contributed by atoms with Crippen LogP contribution in [0.4, 0.5) is 0 Å². The first-order valence-electron chi connectivity index (χ1n) is 3.60. The van der Waals surface area contributed by atoms with Crippen molar-refractivity contribution in [2.75, 3.05) is 25.7 Å². The third kappa shape index (κ3) is 5.03. The smallest absolute Gasteiger partial charge is 0.0943 e. The highest BCUT2D eigenvalue weighted by Gasteiger charge is 2.04. The van der Waals surface area contributed by atoms with E-state index in [1.54, 1.807) is 0 Å². The Morgan fingerprint density at radius 3 is 2.40 bits per heavy atom. The molecule has 0 rings (SSSR count). The van der Waals surface area contributed by atoms with Crippen LogP contribution in [0.5, 0.6) is 0 Å². The van der Waals surface area contributed by atoms with E-state index in [-0.39, 0.29) is 6.10 Å². The second kappa shape index (κ2) is 7.32. The molecule has 3 heteroatoms. The van der Waals surface area contributed by atoms with Crippen LogP contribution in [0.2, 0.25) is 0 Å². The minimum atomic E-state index is 0.0617. The third-order valence-electron chi connectivity index (χ3n) is 1.08. The van der Waals surface area contributed by atoms with Crippen molar-refractivity contribution in [2.24, 2.45) is 0 Å². The molecule has 10 heavy (non-hydrogen) atoms. The lowest BCUT2D eigenvalue weighted by Gasteiger charge is -2.12. The molecule has 0 amide bonds. The summed E-state index contributed by atoms with van der Waals surface area (Å²) in [6.07, 6.45) is 0.0617. The first-order valence-corrected chi connectivity index (χ1v) is 4.13. The maximum Gasteiger partial charge on any atom is 0.0943 e. The Labute approximate surface area is 67.5 Å². The van der Waals surface area contributed by atoms with E-state index in [0.29, 0.717) is 19.1 Å². The zero-order chi connectivity index (χ0) is 7.82. The van der Waals surface area contributed by atoms with Gasteiger partial charge in [-0.05, 0) is 13.8 Å². The van der Waals surface area contributed by atoms with Gasteiger partial charge in [0.25, 0.3) is 0 Å². The van der Waals surface area contributed by atoms with Crippen molar-refractivity contribution < 1.29 is 9.47 Å². The van der Waals surface area contributed by atoms with Gasteiger partial charge in [0.15, 0.2) is 0 Å². The summed E-state index contributed by atoms with van der Waals surface area (Å²) in [5.41, 5.74) is 0. The molecule has 0 aliphatic rings. The third-order valence-corrected chi connectivity index (χ3v) is 1.43. The maximum atomic E-state index is 5.58. The number of alkyl halides is 1. The van der Waals surface area contributed by atoms with Gasteiger partial charge in [-0.3, -0.25) is 0 Å². The number of hydrogen-bond acceptors (Lipinski definition) is 2. The van der Waals surface area contributed by atoms with E-state index in [2.05, 4.69) is 0 Å². The van der Waals surface area contributed by atoms with Gasteiger partial charge < -0.3 is 9.47 Å². The van der Waals surface area contributed by atoms with Crippen molar-refractivity contribution in [1.29, 1.82) is 0 Å². The van der Waals surface area contributed by atoms with Gasteiger partial charge in [0, 0.05) is 13.2 Å². The molecule has 0 aromatic rings. The predicted molar refractivity (Wildman–Crippen MR) is 42.6 cm³/mol. The molecule has 0 saturated carbocycles. The molecule has 1 atom stereocenters.